The van der Waals surface area contributed by atoms with Crippen LogP contribution in [0.25, 0.3) is 12.2 Å². The molecule has 0 aliphatic carbocycles. The van der Waals surface area contributed by atoms with E-state index in [0.29, 0.717) is 0 Å². The van der Waals surface area contributed by atoms with Crippen molar-refractivity contribution in [3.05, 3.63) is 59.8 Å². The van der Waals surface area contributed by atoms with Crippen molar-refractivity contribution in [2.75, 3.05) is 0 Å². The molecule has 3 rings (SSSR count). The minimum Gasteiger partial charge on any atom is -0.346 e. The average Bonchev–Trinajstić information content (AvgIpc) is 2.58. The van der Waals surface area contributed by atoms with Crippen LogP contribution in [-0.2, 0) is 0 Å². The summed E-state index contributed by atoms with van der Waals surface area (Å²) >= 11 is 0. The van der Waals surface area contributed by atoms with Gasteiger partial charge in [-0.25, -0.2) is 0 Å². The molecular weight excluding hydrogens is 172 g/mol. The van der Waals surface area contributed by atoms with Gasteiger partial charge in [-0.15, -0.1) is 0 Å². The summed E-state index contributed by atoms with van der Waals surface area (Å²) in [5, 5.41) is 3.19. The van der Waals surface area contributed by atoms with E-state index in [-0.39, 0.29) is 0 Å². The Labute approximate surface area is 82.9 Å². The molecule has 2 aliphatic rings. The standard InChI is InChI=1S/C12H10N2/c1-2-4-11-9-12-13-6-8-14(12)7-5-10(11)3-1/h1-9,13H. The molecule has 0 saturated carbocycles. The fourth-order valence-electron chi connectivity index (χ4n) is 1.71. The molecule has 2 heterocycles. The first-order valence-corrected chi connectivity index (χ1v) is 4.64. The van der Waals surface area contributed by atoms with Crippen LogP contribution in [0.2, 0.25) is 0 Å². The monoisotopic (exact) mass is 182 g/mol. The predicted molar refractivity (Wildman–Crippen MR) is 57.6 cm³/mol. The lowest BCUT2D eigenvalue weighted by Gasteiger charge is -2.09. The third-order valence-electron chi connectivity index (χ3n) is 2.45. The largest absolute Gasteiger partial charge is 0.346 e. The van der Waals surface area contributed by atoms with Gasteiger partial charge in [-0.1, -0.05) is 24.3 Å². The molecule has 1 aromatic rings. The van der Waals surface area contributed by atoms with Crippen molar-refractivity contribution in [3.63, 3.8) is 0 Å². The number of benzene rings is 1. The molecule has 0 bridgehead atoms. The number of nitrogens with zero attached hydrogens (tertiary/aromatic N) is 1. The normalized spacial score (nSPS) is 16.9. The summed E-state index contributed by atoms with van der Waals surface area (Å²) in [6, 6.07) is 8.36. The fourth-order valence-corrected chi connectivity index (χ4v) is 1.71. The molecule has 0 unspecified atom stereocenters. The minimum absolute atomic E-state index is 1.10. The molecule has 2 heteroatoms. The van der Waals surface area contributed by atoms with E-state index in [9.17, 15) is 0 Å². The van der Waals surface area contributed by atoms with Gasteiger partial charge in [0.1, 0.15) is 5.82 Å². The smallest absolute Gasteiger partial charge is 0.114 e. The SMILES string of the molecule is C1=CN2C=Cc3ccccc3C=C2N1. The fraction of sp³-hybridized carbons (Fsp3) is 0. The van der Waals surface area contributed by atoms with E-state index in [4.69, 9.17) is 0 Å². The van der Waals surface area contributed by atoms with Crippen LogP contribution in [-0.4, -0.2) is 4.90 Å². The molecule has 0 spiro atoms. The van der Waals surface area contributed by atoms with E-state index >= 15 is 0 Å². The van der Waals surface area contributed by atoms with Crippen LogP contribution in [0.3, 0.4) is 0 Å². The lowest BCUT2D eigenvalue weighted by molar-refractivity contribution is 0.640. The van der Waals surface area contributed by atoms with Crippen LogP contribution in [0.1, 0.15) is 11.1 Å². The highest BCUT2D eigenvalue weighted by molar-refractivity contribution is 5.69. The van der Waals surface area contributed by atoms with E-state index in [1.807, 2.05) is 12.4 Å². The first kappa shape index (κ1) is 7.44. The molecule has 0 saturated heterocycles. The number of fused-ring (bicyclic) bond motifs is 2. The maximum Gasteiger partial charge on any atom is 0.114 e. The summed E-state index contributed by atoms with van der Waals surface area (Å²) in [7, 11) is 0. The third-order valence-corrected chi connectivity index (χ3v) is 2.45. The third kappa shape index (κ3) is 1.04. The van der Waals surface area contributed by atoms with Gasteiger partial charge in [-0.2, -0.15) is 0 Å². The second-order valence-corrected chi connectivity index (χ2v) is 3.34. The van der Waals surface area contributed by atoms with E-state index in [1.54, 1.807) is 0 Å². The second-order valence-electron chi connectivity index (χ2n) is 3.34. The highest BCUT2D eigenvalue weighted by atomic mass is 15.3. The van der Waals surface area contributed by atoms with Gasteiger partial charge in [0.2, 0.25) is 0 Å². The maximum absolute atomic E-state index is 3.19. The lowest BCUT2D eigenvalue weighted by Crippen LogP contribution is -2.10. The van der Waals surface area contributed by atoms with E-state index in [1.165, 1.54) is 11.1 Å². The summed E-state index contributed by atoms with van der Waals surface area (Å²) in [6.07, 6.45) is 10.3. The van der Waals surface area contributed by atoms with Gasteiger partial charge in [-0.3, -0.25) is 0 Å². The van der Waals surface area contributed by atoms with Crippen LogP contribution in [0, 0.1) is 0 Å². The first-order valence-electron chi connectivity index (χ1n) is 4.64. The second kappa shape index (κ2) is 2.77. The van der Waals surface area contributed by atoms with Gasteiger partial charge >= 0.3 is 0 Å². The van der Waals surface area contributed by atoms with Gasteiger partial charge in [0.05, 0.1) is 0 Å². The zero-order valence-electron chi connectivity index (χ0n) is 7.64. The molecule has 1 aromatic carbocycles. The zero-order chi connectivity index (χ0) is 9.38. The van der Waals surface area contributed by atoms with Gasteiger partial charge in [-0.05, 0) is 23.3 Å². The number of nitrogens with one attached hydrogen (secondary N) is 1. The van der Waals surface area contributed by atoms with Crippen molar-refractivity contribution in [2.45, 2.75) is 0 Å². The number of rotatable bonds is 0. The number of hydrogen-bond donors (Lipinski definition) is 1. The molecule has 0 atom stereocenters. The quantitative estimate of drug-likeness (QED) is 0.662. The highest BCUT2D eigenvalue weighted by Gasteiger charge is 2.11. The summed E-state index contributed by atoms with van der Waals surface area (Å²) in [4.78, 5) is 2.07. The summed E-state index contributed by atoms with van der Waals surface area (Å²) in [6.45, 7) is 0. The molecule has 0 fully saturated rings. The van der Waals surface area contributed by atoms with Gasteiger partial charge in [0.15, 0.2) is 0 Å². The predicted octanol–water partition coefficient (Wildman–Crippen LogP) is 2.35. The Morgan fingerprint density at radius 3 is 2.79 bits per heavy atom. The Hall–Kier alpha value is -1.96. The summed E-state index contributed by atoms with van der Waals surface area (Å²) in [5.41, 5.74) is 2.50. The van der Waals surface area contributed by atoms with Gasteiger partial charge in [0.25, 0.3) is 0 Å². The molecule has 0 radical (unpaired) electrons. The molecule has 68 valence electrons. The molecular formula is C12H10N2. The average molecular weight is 182 g/mol. The van der Waals surface area contributed by atoms with Crippen LogP contribution >= 0.6 is 0 Å². The van der Waals surface area contributed by atoms with E-state index in [0.717, 1.165) is 5.82 Å². The van der Waals surface area contributed by atoms with Crippen molar-refractivity contribution < 1.29 is 0 Å². The minimum atomic E-state index is 1.10. The Bertz CT molecular complexity index is 455. The first-order chi connectivity index (χ1) is 6.93. The zero-order valence-corrected chi connectivity index (χ0v) is 7.64. The Morgan fingerprint density at radius 1 is 1.00 bits per heavy atom. The lowest BCUT2D eigenvalue weighted by atomic mass is 10.1. The van der Waals surface area contributed by atoms with Crippen LogP contribution in [0.15, 0.2) is 48.7 Å². The molecule has 14 heavy (non-hydrogen) atoms. The van der Waals surface area contributed by atoms with Gasteiger partial charge in [0, 0.05) is 18.6 Å². The summed E-state index contributed by atoms with van der Waals surface area (Å²) in [5.74, 6) is 1.10. The van der Waals surface area contributed by atoms with Crippen LogP contribution in [0.4, 0.5) is 0 Å². The van der Waals surface area contributed by atoms with E-state index < -0.39 is 0 Å². The van der Waals surface area contributed by atoms with Crippen molar-refractivity contribution in [3.8, 4) is 0 Å². The van der Waals surface area contributed by atoms with E-state index in [2.05, 4.69) is 52.8 Å². The van der Waals surface area contributed by atoms with Crippen molar-refractivity contribution in [1.29, 1.82) is 0 Å². The van der Waals surface area contributed by atoms with Crippen molar-refractivity contribution >= 4 is 12.2 Å². The maximum atomic E-state index is 3.19. The topological polar surface area (TPSA) is 15.3 Å². The molecule has 0 amide bonds. The summed E-state index contributed by atoms with van der Waals surface area (Å²) < 4.78 is 0. The Kier molecular flexibility index (Phi) is 1.47. The Balaban J connectivity index is 2.17. The molecule has 0 aromatic heterocycles. The molecule has 2 nitrogen and oxygen atoms in total. The molecule has 2 aliphatic heterocycles. The highest BCUT2D eigenvalue weighted by Crippen LogP contribution is 2.22. The van der Waals surface area contributed by atoms with Crippen LogP contribution in [0.5, 0.6) is 0 Å². The van der Waals surface area contributed by atoms with Crippen LogP contribution < -0.4 is 5.32 Å². The Morgan fingerprint density at radius 2 is 1.86 bits per heavy atom. The van der Waals surface area contributed by atoms with Crippen molar-refractivity contribution in [2.24, 2.45) is 0 Å². The number of hydrogen-bond acceptors (Lipinski definition) is 2. The molecule has 1 N–H and O–H groups in total. The van der Waals surface area contributed by atoms with Crippen molar-refractivity contribution in [1.82, 2.24) is 10.2 Å². The van der Waals surface area contributed by atoms with Gasteiger partial charge < -0.3 is 10.2 Å².